The maximum atomic E-state index is 5.86. The van der Waals surface area contributed by atoms with Crippen LogP contribution >= 0.6 is 11.3 Å². The molecule has 0 aliphatic carbocycles. The number of anilines is 2. The Labute approximate surface area is 127 Å². The summed E-state index contributed by atoms with van der Waals surface area (Å²) in [5.74, 6) is 2.13. The summed E-state index contributed by atoms with van der Waals surface area (Å²) in [6, 6.07) is 9.95. The molecule has 0 saturated heterocycles. The molecule has 0 radical (unpaired) electrons. The standard InChI is InChI=1S/C16H17N3OS/c1-11(2)9-20-14-6-4-3-5-13(14)19-15-12-7-8-21-16(12)18-10-17-15/h3-8,10-11H,9H2,1-2H3,(H,17,18,19). The van der Waals surface area contributed by atoms with Crippen LogP contribution in [0.15, 0.2) is 42.0 Å². The Balaban J connectivity index is 1.89. The van der Waals surface area contributed by atoms with Crippen LogP contribution in [0.1, 0.15) is 13.8 Å². The van der Waals surface area contributed by atoms with Crippen molar-refractivity contribution in [3.63, 3.8) is 0 Å². The molecule has 1 N–H and O–H groups in total. The minimum atomic E-state index is 0.487. The first-order valence-corrected chi connectivity index (χ1v) is 7.79. The summed E-state index contributed by atoms with van der Waals surface area (Å²) in [4.78, 5) is 9.58. The molecule has 108 valence electrons. The highest BCUT2D eigenvalue weighted by molar-refractivity contribution is 7.16. The molecule has 5 heteroatoms. The third-order valence-electron chi connectivity index (χ3n) is 2.97. The second kappa shape index (κ2) is 6.10. The molecule has 0 fully saturated rings. The van der Waals surface area contributed by atoms with Crippen molar-refractivity contribution in [1.82, 2.24) is 9.97 Å². The molecular weight excluding hydrogens is 282 g/mol. The van der Waals surface area contributed by atoms with Crippen molar-refractivity contribution in [2.45, 2.75) is 13.8 Å². The number of nitrogens with one attached hydrogen (secondary N) is 1. The van der Waals surface area contributed by atoms with E-state index in [4.69, 9.17) is 4.74 Å². The highest BCUT2D eigenvalue weighted by Gasteiger charge is 2.08. The molecule has 0 bridgehead atoms. The van der Waals surface area contributed by atoms with Gasteiger partial charge in [0.2, 0.25) is 0 Å². The molecule has 3 aromatic rings. The van der Waals surface area contributed by atoms with E-state index in [0.717, 1.165) is 27.5 Å². The van der Waals surface area contributed by atoms with Gasteiger partial charge in [-0.15, -0.1) is 11.3 Å². The fourth-order valence-electron chi connectivity index (χ4n) is 1.97. The molecule has 2 aromatic heterocycles. The summed E-state index contributed by atoms with van der Waals surface area (Å²) in [5, 5.41) is 6.40. The molecule has 0 atom stereocenters. The summed E-state index contributed by atoms with van der Waals surface area (Å²) < 4.78 is 5.86. The van der Waals surface area contributed by atoms with Crippen LogP contribution in [-0.2, 0) is 0 Å². The van der Waals surface area contributed by atoms with Crippen molar-refractivity contribution in [2.24, 2.45) is 5.92 Å². The SMILES string of the molecule is CC(C)COc1ccccc1Nc1ncnc2sccc12. The normalized spacial score (nSPS) is 11.0. The maximum absolute atomic E-state index is 5.86. The molecule has 0 aliphatic heterocycles. The molecular formula is C16H17N3OS. The van der Waals surface area contributed by atoms with E-state index < -0.39 is 0 Å². The first-order chi connectivity index (χ1) is 10.2. The van der Waals surface area contributed by atoms with Gasteiger partial charge >= 0.3 is 0 Å². The van der Waals surface area contributed by atoms with E-state index >= 15 is 0 Å². The van der Waals surface area contributed by atoms with Gasteiger partial charge in [0.25, 0.3) is 0 Å². The molecule has 0 aliphatic rings. The number of aromatic nitrogens is 2. The van der Waals surface area contributed by atoms with Gasteiger partial charge in [0, 0.05) is 0 Å². The number of benzene rings is 1. The van der Waals surface area contributed by atoms with Crippen LogP contribution in [-0.4, -0.2) is 16.6 Å². The number of thiophene rings is 1. The average Bonchev–Trinajstić information content (AvgIpc) is 2.96. The van der Waals surface area contributed by atoms with Gasteiger partial charge in [-0.1, -0.05) is 26.0 Å². The minimum Gasteiger partial charge on any atom is -0.491 e. The van der Waals surface area contributed by atoms with Crippen molar-refractivity contribution in [3.8, 4) is 5.75 Å². The van der Waals surface area contributed by atoms with Gasteiger partial charge in [0.1, 0.15) is 22.7 Å². The topological polar surface area (TPSA) is 47.0 Å². The van der Waals surface area contributed by atoms with Gasteiger partial charge in [-0.2, -0.15) is 0 Å². The predicted molar refractivity (Wildman–Crippen MR) is 87.5 cm³/mol. The van der Waals surface area contributed by atoms with Crippen molar-refractivity contribution in [3.05, 3.63) is 42.0 Å². The number of para-hydroxylation sites is 2. The molecule has 0 saturated carbocycles. The molecule has 0 unspecified atom stereocenters. The first-order valence-electron chi connectivity index (χ1n) is 6.91. The summed E-state index contributed by atoms with van der Waals surface area (Å²) in [7, 11) is 0. The van der Waals surface area contributed by atoms with Crippen molar-refractivity contribution in [2.75, 3.05) is 11.9 Å². The number of nitrogens with zero attached hydrogens (tertiary/aromatic N) is 2. The fraction of sp³-hybridized carbons (Fsp3) is 0.250. The van der Waals surface area contributed by atoms with E-state index in [9.17, 15) is 0 Å². The Morgan fingerprint density at radius 1 is 1.19 bits per heavy atom. The predicted octanol–water partition coefficient (Wildman–Crippen LogP) is 4.47. The fourth-order valence-corrected chi connectivity index (χ4v) is 2.70. The summed E-state index contributed by atoms with van der Waals surface area (Å²) >= 11 is 1.61. The zero-order chi connectivity index (χ0) is 14.7. The summed E-state index contributed by atoms with van der Waals surface area (Å²) in [5.41, 5.74) is 0.921. The Hall–Kier alpha value is -2.14. The third kappa shape index (κ3) is 3.13. The van der Waals surface area contributed by atoms with E-state index in [1.807, 2.05) is 35.7 Å². The van der Waals surface area contributed by atoms with Crippen LogP contribution in [0.25, 0.3) is 10.2 Å². The smallest absolute Gasteiger partial charge is 0.142 e. The summed E-state index contributed by atoms with van der Waals surface area (Å²) in [6.45, 7) is 4.96. The van der Waals surface area contributed by atoms with Crippen molar-refractivity contribution < 1.29 is 4.74 Å². The molecule has 1 aromatic carbocycles. The average molecular weight is 299 g/mol. The quantitative estimate of drug-likeness (QED) is 0.755. The van der Waals surface area contributed by atoms with Crippen LogP contribution in [0.3, 0.4) is 0 Å². The van der Waals surface area contributed by atoms with Crippen molar-refractivity contribution >= 4 is 33.1 Å². The van der Waals surface area contributed by atoms with Gasteiger partial charge in [0.05, 0.1) is 17.7 Å². The second-order valence-electron chi connectivity index (χ2n) is 5.19. The van der Waals surface area contributed by atoms with E-state index in [1.54, 1.807) is 17.7 Å². The van der Waals surface area contributed by atoms with Gasteiger partial charge in [0.15, 0.2) is 0 Å². The summed E-state index contributed by atoms with van der Waals surface area (Å²) in [6.07, 6.45) is 1.58. The van der Waals surface area contributed by atoms with Crippen LogP contribution in [0.2, 0.25) is 0 Å². The van der Waals surface area contributed by atoms with Crippen molar-refractivity contribution in [1.29, 1.82) is 0 Å². The van der Waals surface area contributed by atoms with E-state index in [-0.39, 0.29) is 0 Å². The number of hydrogen-bond donors (Lipinski definition) is 1. The zero-order valence-electron chi connectivity index (χ0n) is 12.0. The monoisotopic (exact) mass is 299 g/mol. The van der Waals surface area contributed by atoms with E-state index in [0.29, 0.717) is 12.5 Å². The Kier molecular flexibility index (Phi) is 4.01. The van der Waals surface area contributed by atoms with Crippen LogP contribution in [0.5, 0.6) is 5.75 Å². The van der Waals surface area contributed by atoms with Gasteiger partial charge < -0.3 is 10.1 Å². The van der Waals surface area contributed by atoms with Crippen LogP contribution in [0.4, 0.5) is 11.5 Å². The third-order valence-corrected chi connectivity index (χ3v) is 3.79. The number of hydrogen-bond acceptors (Lipinski definition) is 5. The molecule has 0 spiro atoms. The van der Waals surface area contributed by atoms with Gasteiger partial charge in [-0.05, 0) is 29.5 Å². The highest BCUT2D eigenvalue weighted by Crippen LogP contribution is 2.31. The van der Waals surface area contributed by atoms with E-state index in [2.05, 4.69) is 29.1 Å². The second-order valence-corrected chi connectivity index (χ2v) is 6.08. The molecule has 2 heterocycles. The lowest BCUT2D eigenvalue weighted by molar-refractivity contribution is 0.272. The number of ether oxygens (including phenoxy) is 1. The molecule has 0 amide bonds. The van der Waals surface area contributed by atoms with E-state index in [1.165, 1.54) is 0 Å². The number of rotatable bonds is 5. The largest absolute Gasteiger partial charge is 0.491 e. The Bertz CT molecular complexity index is 739. The van der Waals surface area contributed by atoms with Crippen LogP contribution in [0, 0.1) is 5.92 Å². The minimum absolute atomic E-state index is 0.487. The highest BCUT2D eigenvalue weighted by atomic mass is 32.1. The van der Waals surface area contributed by atoms with Gasteiger partial charge in [-0.25, -0.2) is 9.97 Å². The molecule has 4 nitrogen and oxygen atoms in total. The van der Waals surface area contributed by atoms with Crippen LogP contribution < -0.4 is 10.1 Å². The molecule has 21 heavy (non-hydrogen) atoms. The lowest BCUT2D eigenvalue weighted by Crippen LogP contribution is -2.06. The maximum Gasteiger partial charge on any atom is 0.142 e. The van der Waals surface area contributed by atoms with Gasteiger partial charge in [-0.3, -0.25) is 0 Å². The molecule has 3 rings (SSSR count). The first kappa shape index (κ1) is 13.8. The lowest BCUT2D eigenvalue weighted by atomic mass is 10.2. The lowest BCUT2D eigenvalue weighted by Gasteiger charge is -2.14. The zero-order valence-corrected chi connectivity index (χ0v) is 12.9. The Morgan fingerprint density at radius 3 is 2.90 bits per heavy atom. The Morgan fingerprint density at radius 2 is 2.05 bits per heavy atom. The number of fused-ring (bicyclic) bond motifs is 1.